The van der Waals surface area contributed by atoms with Gasteiger partial charge in [0.1, 0.15) is 11.3 Å². The minimum absolute atomic E-state index is 0.0703. The van der Waals surface area contributed by atoms with E-state index in [1.165, 1.54) is 4.57 Å². The lowest BCUT2D eigenvalue weighted by atomic mass is 10.2. The molecule has 1 N–H and O–H groups in total. The predicted molar refractivity (Wildman–Crippen MR) is 71.8 cm³/mol. The summed E-state index contributed by atoms with van der Waals surface area (Å²) in [5, 5.41) is 0.596. The number of benzene rings is 1. The third-order valence-electron chi connectivity index (χ3n) is 2.84. The average Bonchev–Trinajstić information content (AvgIpc) is 2.78. The highest BCUT2D eigenvalue weighted by Crippen LogP contribution is 2.24. The van der Waals surface area contributed by atoms with Gasteiger partial charge in [-0.15, -0.1) is 0 Å². The maximum absolute atomic E-state index is 11.6. The third kappa shape index (κ3) is 1.71. The fraction of sp³-hybridized carbons (Fsp3) is 0.0769. The molecule has 0 unspecified atom stereocenters. The van der Waals surface area contributed by atoms with Gasteiger partial charge in [0.05, 0.1) is 10.5 Å². The third-order valence-corrected chi connectivity index (χ3v) is 3.15. The van der Waals surface area contributed by atoms with Gasteiger partial charge >= 0.3 is 0 Å². The molecule has 2 aromatic heterocycles. The van der Waals surface area contributed by atoms with Gasteiger partial charge in [-0.3, -0.25) is 4.79 Å². The SMILES string of the molecule is Cn1ccc(-c2nc3c(Cl)cccc3[nH]2)cc1=O. The molecule has 90 valence electrons. The zero-order valence-corrected chi connectivity index (χ0v) is 10.4. The highest BCUT2D eigenvalue weighted by molar-refractivity contribution is 6.34. The molecular formula is C13H10ClN3O. The van der Waals surface area contributed by atoms with E-state index in [1.54, 1.807) is 25.4 Å². The van der Waals surface area contributed by atoms with Crippen LogP contribution in [0, 0.1) is 0 Å². The van der Waals surface area contributed by atoms with Crippen molar-refractivity contribution in [1.82, 2.24) is 14.5 Å². The fourth-order valence-electron chi connectivity index (χ4n) is 1.83. The van der Waals surface area contributed by atoms with E-state index in [9.17, 15) is 4.79 Å². The van der Waals surface area contributed by atoms with E-state index in [1.807, 2.05) is 18.2 Å². The Labute approximate surface area is 108 Å². The van der Waals surface area contributed by atoms with Gasteiger partial charge in [-0.2, -0.15) is 0 Å². The maximum atomic E-state index is 11.6. The number of aryl methyl sites for hydroxylation is 1. The molecule has 2 heterocycles. The second-order valence-electron chi connectivity index (χ2n) is 4.09. The number of imidazole rings is 1. The number of hydrogen-bond donors (Lipinski definition) is 1. The normalized spacial score (nSPS) is 11.0. The number of pyridine rings is 1. The van der Waals surface area contributed by atoms with E-state index in [0.29, 0.717) is 10.8 Å². The Balaban J connectivity index is 2.22. The Morgan fingerprint density at radius 1 is 1.33 bits per heavy atom. The quantitative estimate of drug-likeness (QED) is 0.730. The van der Waals surface area contributed by atoms with Crippen LogP contribution in [-0.2, 0) is 7.05 Å². The number of nitrogens with zero attached hydrogens (tertiary/aromatic N) is 2. The Morgan fingerprint density at radius 3 is 2.89 bits per heavy atom. The van der Waals surface area contributed by atoms with Crippen molar-refractivity contribution in [3.05, 3.63) is 51.9 Å². The van der Waals surface area contributed by atoms with Gasteiger partial charge in [0, 0.05) is 24.9 Å². The molecule has 0 saturated carbocycles. The Bertz CT molecular complexity index is 788. The van der Waals surface area contributed by atoms with Crippen LogP contribution in [0.2, 0.25) is 5.02 Å². The molecule has 3 aromatic rings. The number of nitrogens with one attached hydrogen (secondary N) is 1. The van der Waals surface area contributed by atoms with Crippen molar-refractivity contribution in [2.75, 3.05) is 0 Å². The molecule has 5 heteroatoms. The first kappa shape index (κ1) is 11.0. The molecular weight excluding hydrogens is 250 g/mol. The Kier molecular flexibility index (Phi) is 2.45. The number of para-hydroxylation sites is 1. The first-order valence-electron chi connectivity index (χ1n) is 5.46. The smallest absolute Gasteiger partial charge is 0.250 e. The molecule has 0 aliphatic rings. The van der Waals surface area contributed by atoms with Gasteiger partial charge in [-0.25, -0.2) is 4.98 Å². The molecule has 0 amide bonds. The van der Waals surface area contributed by atoms with Crippen LogP contribution < -0.4 is 5.56 Å². The summed E-state index contributed by atoms with van der Waals surface area (Å²) in [4.78, 5) is 19.2. The number of aromatic amines is 1. The molecule has 0 atom stereocenters. The number of aromatic nitrogens is 3. The molecule has 0 aliphatic heterocycles. The van der Waals surface area contributed by atoms with E-state index in [-0.39, 0.29) is 5.56 Å². The standard InChI is InChI=1S/C13H10ClN3O/c1-17-6-5-8(7-11(17)18)13-15-10-4-2-3-9(14)12(10)16-13/h2-7H,1H3,(H,15,16). The van der Waals surface area contributed by atoms with Crippen LogP contribution in [0.25, 0.3) is 22.4 Å². The van der Waals surface area contributed by atoms with Gasteiger partial charge in [0.15, 0.2) is 0 Å². The second-order valence-corrected chi connectivity index (χ2v) is 4.49. The summed E-state index contributed by atoms with van der Waals surface area (Å²) in [7, 11) is 1.71. The van der Waals surface area contributed by atoms with Crippen molar-refractivity contribution in [3.8, 4) is 11.4 Å². The van der Waals surface area contributed by atoms with Crippen molar-refractivity contribution >= 4 is 22.6 Å². The van der Waals surface area contributed by atoms with E-state index in [2.05, 4.69) is 9.97 Å². The van der Waals surface area contributed by atoms with Crippen LogP contribution in [-0.4, -0.2) is 14.5 Å². The van der Waals surface area contributed by atoms with Crippen LogP contribution in [0.4, 0.5) is 0 Å². The molecule has 0 fully saturated rings. The molecule has 4 nitrogen and oxygen atoms in total. The van der Waals surface area contributed by atoms with Crippen LogP contribution in [0.3, 0.4) is 0 Å². The first-order valence-corrected chi connectivity index (χ1v) is 5.84. The van der Waals surface area contributed by atoms with Crippen molar-refractivity contribution in [3.63, 3.8) is 0 Å². The molecule has 1 aromatic carbocycles. The molecule has 0 saturated heterocycles. The minimum Gasteiger partial charge on any atom is -0.338 e. The lowest BCUT2D eigenvalue weighted by Gasteiger charge is -1.98. The van der Waals surface area contributed by atoms with Crippen molar-refractivity contribution in [2.45, 2.75) is 0 Å². The number of H-pyrrole nitrogens is 1. The van der Waals surface area contributed by atoms with Crippen molar-refractivity contribution in [2.24, 2.45) is 7.05 Å². The van der Waals surface area contributed by atoms with Gasteiger partial charge in [-0.05, 0) is 18.2 Å². The van der Waals surface area contributed by atoms with E-state index < -0.39 is 0 Å². The average molecular weight is 260 g/mol. The molecule has 0 aliphatic carbocycles. The van der Waals surface area contributed by atoms with Crippen LogP contribution in [0.1, 0.15) is 0 Å². The summed E-state index contributed by atoms with van der Waals surface area (Å²) < 4.78 is 1.51. The van der Waals surface area contributed by atoms with Crippen molar-refractivity contribution < 1.29 is 0 Å². The lowest BCUT2D eigenvalue weighted by Crippen LogP contribution is -2.14. The minimum atomic E-state index is -0.0703. The van der Waals surface area contributed by atoms with Gasteiger partial charge in [-0.1, -0.05) is 17.7 Å². The zero-order valence-electron chi connectivity index (χ0n) is 9.64. The Hall–Kier alpha value is -2.07. The van der Waals surface area contributed by atoms with E-state index in [4.69, 9.17) is 11.6 Å². The summed E-state index contributed by atoms with van der Waals surface area (Å²) in [5.41, 5.74) is 2.26. The topological polar surface area (TPSA) is 50.7 Å². The summed E-state index contributed by atoms with van der Waals surface area (Å²) >= 11 is 6.07. The predicted octanol–water partition coefficient (Wildman–Crippen LogP) is 2.58. The van der Waals surface area contributed by atoms with Crippen LogP contribution >= 0.6 is 11.6 Å². The lowest BCUT2D eigenvalue weighted by molar-refractivity contribution is 0.860. The zero-order chi connectivity index (χ0) is 12.7. The number of fused-ring (bicyclic) bond motifs is 1. The Morgan fingerprint density at radius 2 is 2.17 bits per heavy atom. The number of rotatable bonds is 1. The molecule has 3 rings (SSSR count). The summed E-state index contributed by atoms with van der Waals surface area (Å²) in [6.07, 6.45) is 1.71. The van der Waals surface area contributed by atoms with Crippen molar-refractivity contribution in [1.29, 1.82) is 0 Å². The van der Waals surface area contributed by atoms with Gasteiger partial charge in [0.2, 0.25) is 0 Å². The largest absolute Gasteiger partial charge is 0.338 e. The fourth-order valence-corrected chi connectivity index (χ4v) is 2.05. The summed E-state index contributed by atoms with van der Waals surface area (Å²) in [6, 6.07) is 8.94. The maximum Gasteiger partial charge on any atom is 0.250 e. The summed E-state index contributed by atoms with van der Waals surface area (Å²) in [6.45, 7) is 0. The number of hydrogen-bond acceptors (Lipinski definition) is 2. The molecule has 18 heavy (non-hydrogen) atoms. The molecule has 0 radical (unpaired) electrons. The van der Waals surface area contributed by atoms with E-state index >= 15 is 0 Å². The van der Waals surface area contributed by atoms with Gasteiger partial charge in [0.25, 0.3) is 5.56 Å². The number of halogens is 1. The highest BCUT2D eigenvalue weighted by atomic mass is 35.5. The summed E-state index contributed by atoms with van der Waals surface area (Å²) in [5.74, 6) is 0.649. The van der Waals surface area contributed by atoms with E-state index in [0.717, 1.165) is 16.6 Å². The highest BCUT2D eigenvalue weighted by Gasteiger charge is 2.08. The second kappa shape index (κ2) is 3.99. The monoisotopic (exact) mass is 259 g/mol. The van der Waals surface area contributed by atoms with Gasteiger partial charge < -0.3 is 9.55 Å². The first-order chi connectivity index (χ1) is 8.65. The van der Waals surface area contributed by atoms with Crippen LogP contribution in [0.5, 0.6) is 0 Å². The molecule has 0 bridgehead atoms. The molecule has 0 spiro atoms. The van der Waals surface area contributed by atoms with Crippen LogP contribution in [0.15, 0.2) is 41.3 Å².